The number of nitrogens with two attached hydrogens (primary N) is 1. The summed E-state index contributed by atoms with van der Waals surface area (Å²) in [6.45, 7) is 0. The summed E-state index contributed by atoms with van der Waals surface area (Å²) < 4.78 is 1.90. The zero-order chi connectivity index (χ0) is 11.5. The molecule has 5 heteroatoms. The number of pyridine rings is 1. The van der Waals surface area contributed by atoms with Crippen molar-refractivity contribution in [1.82, 2.24) is 4.98 Å². The first kappa shape index (κ1) is 11.4. The lowest BCUT2D eigenvalue weighted by atomic mass is 10.3. The van der Waals surface area contributed by atoms with Crippen molar-refractivity contribution in [3.8, 4) is 0 Å². The van der Waals surface area contributed by atoms with Gasteiger partial charge in [0.2, 0.25) is 0 Å². The molecule has 82 valence electrons. The molecule has 2 rings (SSSR count). The van der Waals surface area contributed by atoms with Crippen LogP contribution in [-0.4, -0.2) is 4.98 Å². The molecular weight excluding hydrogens is 334 g/mol. The van der Waals surface area contributed by atoms with Gasteiger partial charge in [0.05, 0.1) is 11.4 Å². The summed E-state index contributed by atoms with van der Waals surface area (Å²) in [7, 11) is 0. The normalized spacial score (nSPS) is 10.1. The Labute approximate surface area is 110 Å². The highest BCUT2D eigenvalue weighted by atomic mass is 79.9. The molecule has 0 atom stereocenters. The molecule has 1 heterocycles. The predicted octanol–water partition coefficient (Wildman–Crippen LogP) is 3.93. The van der Waals surface area contributed by atoms with Gasteiger partial charge in [0, 0.05) is 15.1 Å². The third-order valence-electron chi connectivity index (χ3n) is 2.05. The number of nitrogen functional groups attached to an aromatic ring is 1. The summed E-state index contributed by atoms with van der Waals surface area (Å²) in [5.41, 5.74) is 7.34. The number of anilines is 3. The highest BCUT2D eigenvalue weighted by molar-refractivity contribution is 9.11. The van der Waals surface area contributed by atoms with Crippen molar-refractivity contribution in [2.75, 3.05) is 11.1 Å². The lowest BCUT2D eigenvalue weighted by molar-refractivity contribution is 1.30. The van der Waals surface area contributed by atoms with Crippen LogP contribution in [0.4, 0.5) is 17.2 Å². The maximum absolute atomic E-state index is 5.81. The largest absolute Gasteiger partial charge is 0.396 e. The number of nitrogens with one attached hydrogen (secondary N) is 1. The number of benzene rings is 1. The molecule has 3 nitrogen and oxygen atoms in total. The van der Waals surface area contributed by atoms with Crippen LogP contribution >= 0.6 is 31.9 Å². The van der Waals surface area contributed by atoms with Gasteiger partial charge in [0.25, 0.3) is 0 Å². The van der Waals surface area contributed by atoms with E-state index in [1.165, 1.54) is 0 Å². The van der Waals surface area contributed by atoms with Crippen molar-refractivity contribution in [3.63, 3.8) is 0 Å². The maximum atomic E-state index is 5.81. The first-order valence-corrected chi connectivity index (χ1v) is 6.18. The van der Waals surface area contributed by atoms with E-state index in [1.54, 1.807) is 18.3 Å². The summed E-state index contributed by atoms with van der Waals surface area (Å²) in [5.74, 6) is 0.648. The second kappa shape index (κ2) is 4.84. The van der Waals surface area contributed by atoms with Crippen LogP contribution in [0.25, 0.3) is 0 Å². The van der Waals surface area contributed by atoms with Crippen LogP contribution in [0, 0.1) is 0 Å². The smallest absolute Gasteiger partial charge is 0.153 e. The molecule has 1 aromatic heterocycles. The Morgan fingerprint density at radius 1 is 1.06 bits per heavy atom. The van der Waals surface area contributed by atoms with Gasteiger partial charge < -0.3 is 11.1 Å². The van der Waals surface area contributed by atoms with Crippen molar-refractivity contribution in [1.29, 1.82) is 0 Å². The average molecular weight is 343 g/mol. The standard InChI is InChI=1S/C11H9Br2N3/c12-7-3-1-4-8(13)10(7)16-11-9(14)5-2-6-15-11/h1-6H,14H2,(H,15,16). The van der Waals surface area contributed by atoms with Crippen molar-refractivity contribution in [2.24, 2.45) is 0 Å². The number of para-hydroxylation sites is 1. The molecule has 0 fully saturated rings. The second-order valence-corrected chi connectivity index (χ2v) is 4.87. The lowest BCUT2D eigenvalue weighted by Crippen LogP contribution is -1.99. The van der Waals surface area contributed by atoms with Gasteiger partial charge >= 0.3 is 0 Å². The molecule has 16 heavy (non-hydrogen) atoms. The molecule has 1 aromatic carbocycles. The van der Waals surface area contributed by atoms with Gasteiger partial charge in [0.1, 0.15) is 0 Å². The third kappa shape index (κ3) is 2.36. The zero-order valence-electron chi connectivity index (χ0n) is 8.24. The molecule has 0 unspecified atom stereocenters. The molecule has 0 aliphatic carbocycles. The molecular formula is C11H9Br2N3. The van der Waals surface area contributed by atoms with Gasteiger partial charge in [-0.1, -0.05) is 6.07 Å². The Balaban J connectivity index is 2.38. The van der Waals surface area contributed by atoms with Gasteiger partial charge in [-0.2, -0.15) is 0 Å². The van der Waals surface area contributed by atoms with E-state index >= 15 is 0 Å². The molecule has 0 radical (unpaired) electrons. The Kier molecular flexibility index (Phi) is 3.46. The molecule has 0 spiro atoms. The number of hydrogen-bond donors (Lipinski definition) is 2. The Morgan fingerprint density at radius 3 is 2.38 bits per heavy atom. The van der Waals surface area contributed by atoms with Gasteiger partial charge in [-0.05, 0) is 56.1 Å². The molecule has 2 aromatic rings. The zero-order valence-corrected chi connectivity index (χ0v) is 11.4. The van der Waals surface area contributed by atoms with E-state index in [0.29, 0.717) is 11.5 Å². The molecule has 0 saturated carbocycles. The van der Waals surface area contributed by atoms with Crippen LogP contribution in [-0.2, 0) is 0 Å². The Hall–Kier alpha value is -1.07. The maximum Gasteiger partial charge on any atom is 0.153 e. The summed E-state index contributed by atoms with van der Waals surface area (Å²) >= 11 is 6.94. The van der Waals surface area contributed by atoms with Gasteiger partial charge in [-0.15, -0.1) is 0 Å². The van der Waals surface area contributed by atoms with E-state index in [4.69, 9.17) is 5.73 Å². The fourth-order valence-corrected chi connectivity index (χ4v) is 2.45. The molecule has 0 bridgehead atoms. The van der Waals surface area contributed by atoms with E-state index < -0.39 is 0 Å². The molecule has 0 amide bonds. The Morgan fingerprint density at radius 2 is 1.75 bits per heavy atom. The number of halogens is 2. The molecule has 3 N–H and O–H groups in total. The minimum atomic E-state index is 0.616. The fourth-order valence-electron chi connectivity index (χ4n) is 1.26. The highest BCUT2D eigenvalue weighted by Gasteiger charge is 2.06. The van der Waals surface area contributed by atoms with Gasteiger partial charge in [0.15, 0.2) is 5.82 Å². The van der Waals surface area contributed by atoms with Crippen molar-refractivity contribution in [3.05, 3.63) is 45.5 Å². The number of hydrogen-bond acceptors (Lipinski definition) is 3. The predicted molar refractivity (Wildman–Crippen MR) is 73.8 cm³/mol. The van der Waals surface area contributed by atoms with E-state index in [0.717, 1.165) is 14.6 Å². The van der Waals surface area contributed by atoms with Crippen LogP contribution in [0.2, 0.25) is 0 Å². The minimum absolute atomic E-state index is 0.616. The van der Waals surface area contributed by atoms with E-state index in [9.17, 15) is 0 Å². The number of aromatic nitrogens is 1. The van der Waals surface area contributed by atoms with Gasteiger partial charge in [-0.3, -0.25) is 0 Å². The summed E-state index contributed by atoms with van der Waals surface area (Å²) in [4.78, 5) is 4.18. The third-order valence-corrected chi connectivity index (χ3v) is 3.37. The summed E-state index contributed by atoms with van der Waals surface area (Å²) in [6.07, 6.45) is 1.70. The first-order chi connectivity index (χ1) is 7.68. The summed E-state index contributed by atoms with van der Waals surface area (Å²) in [6, 6.07) is 9.45. The van der Waals surface area contributed by atoms with Crippen molar-refractivity contribution < 1.29 is 0 Å². The summed E-state index contributed by atoms with van der Waals surface area (Å²) in [5, 5.41) is 3.18. The lowest BCUT2D eigenvalue weighted by Gasteiger charge is -2.11. The molecule has 0 aliphatic rings. The topological polar surface area (TPSA) is 50.9 Å². The van der Waals surface area contributed by atoms with Crippen LogP contribution < -0.4 is 11.1 Å². The number of nitrogens with zero attached hydrogens (tertiary/aromatic N) is 1. The van der Waals surface area contributed by atoms with E-state index in [2.05, 4.69) is 42.2 Å². The van der Waals surface area contributed by atoms with Crippen LogP contribution in [0.3, 0.4) is 0 Å². The van der Waals surface area contributed by atoms with Crippen molar-refractivity contribution >= 4 is 49.1 Å². The van der Waals surface area contributed by atoms with Gasteiger partial charge in [-0.25, -0.2) is 4.98 Å². The van der Waals surface area contributed by atoms with E-state index in [1.807, 2.05) is 18.2 Å². The van der Waals surface area contributed by atoms with Crippen LogP contribution in [0.5, 0.6) is 0 Å². The quantitative estimate of drug-likeness (QED) is 0.869. The number of rotatable bonds is 2. The van der Waals surface area contributed by atoms with Crippen LogP contribution in [0.15, 0.2) is 45.5 Å². The monoisotopic (exact) mass is 341 g/mol. The average Bonchev–Trinajstić information content (AvgIpc) is 2.26. The first-order valence-electron chi connectivity index (χ1n) is 4.60. The van der Waals surface area contributed by atoms with E-state index in [-0.39, 0.29) is 0 Å². The SMILES string of the molecule is Nc1cccnc1Nc1c(Br)cccc1Br. The van der Waals surface area contributed by atoms with Crippen LogP contribution in [0.1, 0.15) is 0 Å². The minimum Gasteiger partial charge on any atom is -0.396 e. The second-order valence-electron chi connectivity index (χ2n) is 3.16. The molecule has 0 aliphatic heterocycles. The highest BCUT2D eigenvalue weighted by Crippen LogP contribution is 2.33. The van der Waals surface area contributed by atoms with Crippen molar-refractivity contribution in [2.45, 2.75) is 0 Å². The molecule has 0 saturated heterocycles. The Bertz CT molecular complexity index is 494. The fraction of sp³-hybridized carbons (Fsp3) is 0.